The number of aromatic nitrogens is 1. The average molecular weight is 424 g/mol. The lowest BCUT2D eigenvalue weighted by Crippen LogP contribution is -2.30. The number of hydrogen-bond acceptors (Lipinski definition) is 4. The highest BCUT2D eigenvalue weighted by atomic mass is 16.6. The van der Waals surface area contributed by atoms with Gasteiger partial charge < -0.3 is 9.72 Å². The van der Waals surface area contributed by atoms with E-state index in [9.17, 15) is 9.59 Å². The fourth-order valence-corrected chi connectivity index (χ4v) is 4.32. The number of hydroxylamine groups is 1. The van der Waals surface area contributed by atoms with Crippen molar-refractivity contribution in [1.82, 2.24) is 10.5 Å². The molecule has 2 heterocycles. The maximum atomic E-state index is 13.2. The van der Waals surface area contributed by atoms with Crippen LogP contribution < -0.4 is 5.48 Å². The Morgan fingerprint density at radius 1 is 0.906 bits per heavy atom. The number of hydrogen-bond donors (Lipinski definition) is 2. The van der Waals surface area contributed by atoms with Gasteiger partial charge in [-0.3, -0.25) is 9.63 Å². The van der Waals surface area contributed by atoms with Crippen LogP contribution in [0.3, 0.4) is 0 Å². The molecular formula is C26H20N2O4. The molecule has 32 heavy (non-hydrogen) atoms. The zero-order valence-corrected chi connectivity index (χ0v) is 17.3. The second kappa shape index (κ2) is 7.83. The van der Waals surface area contributed by atoms with Crippen LogP contribution in [-0.2, 0) is 24.8 Å². The minimum Gasteiger partial charge on any atom is -0.440 e. The van der Waals surface area contributed by atoms with E-state index in [0.717, 1.165) is 22.0 Å². The second-order valence-corrected chi connectivity index (χ2v) is 7.46. The number of rotatable bonds is 5. The van der Waals surface area contributed by atoms with Crippen molar-refractivity contribution in [2.75, 3.05) is 7.11 Å². The van der Waals surface area contributed by atoms with E-state index >= 15 is 0 Å². The first kappa shape index (κ1) is 19.8. The summed E-state index contributed by atoms with van der Waals surface area (Å²) in [6.07, 6.45) is 0. The third-order valence-corrected chi connectivity index (χ3v) is 5.63. The maximum Gasteiger partial charge on any atom is 0.345 e. The number of carbonyl (C=O) groups is 2. The van der Waals surface area contributed by atoms with Crippen molar-refractivity contribution in [3.63, 3.8) is 0 Å². The van der Waals surface area contributed by atoms with Gasteiger partial charge in [-0.1, -0.05) is 78.9 Å². The summed E-state index contributed by atoms with van der Waals surface area (Å²) < 4.78 is 6.11. The van der Waals surface area contributed by atoms with Crippen LogP contribution in [0, 0.1) is 0 Å². The van der Waals surface area contributed by atoms with Crippen LogP contribution in [0.1, 0.15) is 16.8 Å². The first-order valence-corrected chi connectivity index (χ1v) is 10.2. The third-order valence-electron chi connectivity index (χ3n) is 5.63. The predicted molar refractivity (Wildman–Crippen MR) is 120 cm³/mol. The molecule has 6 nitrogen and oxygen atoms in total. The van der Waals surface area contributed by atoms with Crippen LogP contribution in [0.5, 0.6) is 0 Å². The Morgan fingerprint density at radius 3 is 2.09 bits per heavy atom. The van der Waals surface area contributed by atoms with E-state index in [2.05, 4.69) is 10.5 Å². The summed E-state index contributed by atoms with van der Waals surface area (Å²) in [5.41, 5.74) is 4.25. The van der Waals surface area contributed by atoms with Crippen LogP contribution >= 0.6 is 0 Å². The Kier molecular flexibility index (Phi) is 4.84. The van der Waals surface area contributed by atoms with E-state index in [0.29, 0.717) is 11.3 Å². The molecule has 0 radical (unpaired) electrons. The normalized spacial score (nSPS) is 15.1. The number of nitrogens with one attached hydrogen (secondary N) is 2. The van der Waals surface area contributed by atoms with Gasteiger partial charge in [0.05, 0.1) is 7.11 Å². The van der Waals surface area contributed by atoms with Gasteiger partial charge >= 0.3 is 5.97 Å². The SMILES string of the molecule is CONC(=O)C1=C(c2cc3ccccc3[nH]2)C(c2ccccc2)(c2ccccc2)OC1=O. The minimum absolute atomic E-state index is 0.105. The molecule has 0 unspecified atom stereocenters. The fraction of sp³-hybridized carbons (Fsp3) is 0.0769. The molecule has 1 aliphatic heterocycles. The molecule has 4 aromatic rings. The molecule has 1 amide bonds. The lowest BCUT2D eigenvalue weighted by Gasteiger charge is -2.32. The number of para-hydroxylation sites is 1. The molecule has 0 atom stereocenters. The maximum absolute atomic E-state index is 13.2. The zero-order chi connectivity index (χ0) is 22.1. The van der Waals surface area contributed by atoms with E-state index in [1.54, 1.807) is 0 Å². The molecule has 5 rings (SSSR count). The Hall–Kier alpha value is -4.16. The Morgan fingerprint density at radius 2 is 1.50 bits per heavy atom. The number of carbonyl (C=O) groups excluding carboxylic acids is 2. The van der Waals surface area contributed by atoms with Crippen LogP contribution in [-0.4, -0.2) is 24.0 Å². The smallest absolute Gasteiger partial charge is 0.345 e. The summed E-state index contributed by atoms with van der Waals surface area (Å²) in [4.78, 5) is 34.4. The number of H-pyrrole nitrogens is 1. The Bertz CT molecular complexity index is 1270. The van der Waals surface area contributed by atoms with Crippen LogP contribution in [0.2, 0.25) is 0 Å². The fourth-order valence-electron chi connectivity index (χ4n) is 4.32. The van der Waals surface area contributed by atoms with Crippen LogP contribution in [0.25, 0.3) is 16.5 Å². The quantitative estimate of drug-likeness (QED) is 0.287. The van der Waals surface area contributed by atoms with E-state index < -0.39 is 17.5 Å². The van der Waals surface area contributed by atoms with Gasteiger partial charge in [-0.15, -0.1) is 0 Å². The third kappa shape index (κ3) is 3.01. The number of fused-ring (bicyclic) bond motifs is 1. The molecular weight excluding hydrogens is 404 g/mol. The van der Waals surface area contributed by atoms with Crippen molar-refractivity contribution in [2.24, 2.45) is 0 Å². The highest BCUT2D eigenvalue weighted by Crippen LogP contribution is 2.51. The number of benzene rings is 3. The standard InChI is InChI=1S/C26H20N2O4/c1-31-28-24(29)22-23(21-16-17-10-8-9-15-20(17)27-21)26(32-25(22)30,18-11-4-2-5-12-18)19-13-6-3-7-14-19/h2-16,27H,1H3,(H,28,29). The Labute approximate surface area is 184 Å². The summed E-state index contributed by atoms with van der Waals surface area (Å²) in [5, 5.41) is 0.955. The molecule has 2 N–H and O–H groups in total. The summed E-state index contributed by atoms with van der Waals surface area (Å²) in [6.45, 7) is 0. The zero-order valence-electron chi connectivity index (χ0n) is 17.3. The Balaban J connectivity index is 1.88. The monoisotopic (exact) mass is 424 g/mol. The summed E-state index contributed by atoms with van der Waals surface area (Å²) in [7, 11) is 1.32. The van der Waals surface area contributed by atoms with E-state index in [-0.39, 0.29) is 5.57 Å². The van der Waals surface area contributed by atoms with Gasteiger partial charge in [0.2, 0.25) is 0 Å². The molecule has 0 aliphatic carbocycles. The number of ether oxygens (including phenoxy) is 1. The van der Waals surface area contributed by atoms with Gasteiger partial charge in [-0.2, -0.15) is 0 Å². The average Bonchev–Trinajstić information content (AvgIpc) is 3.39. The van der Waals surface area contributed by atoms with Crippen molar-refractivity contribution in [3.8, 4) is 0 Å². The molecule has 1 aromatic heterocycles. The molecule has 0 bridgehead atoms. The van der Waals surface area contributed by atoms with Gasteiger partial charge in [-0.25, -0.2) is 10.3 Å². The number of esters is 1. The molecule has 6 heteroatoms. The van der Waals surface area contributed by atoms with Gasteiger partial charge in [0.1, 0.15) is 5.57 Å². The first-order valence-electron chi connectivity index (χ1n) is 10.2. The highest BCUT2D eigenvalue weighted by Gasteiger charge is 2.53. The predicted octanol–water partition coefficient (Wildman–Crippen LogP) is 4.10. The van der Waals surface area contributed by atoms with Gasteiger partial charge in [0.15, 0.2) is 5.60 Å². The van der Waals surface area contributed by atoms with E-state index in [1.165, 1.54) is 7.11 Å². The molecule has 0 fully saturated rings. The van der Waals surface area contributed by atoms with Crippen molar-refractivity contribution in [2.45, 2.75) is 5.60 Å². The topological polar surface area (TPSA) is 80.4 Å². The van der Waals surface area contributed by atoms with E-state index in [1.807, 2.05) is 91.0 Å². The molecule has 1 aliphatic rings. The van der Waals surface area contributed by atoms with Crippen molar-refractivity contribution < 1.29 is 19.2 Å². The minimum atomic E-state index is -1.32. The first-order chi connectivity index (χ1) is 15.6. The van der Waals surface area contributed by atoms with Gasteiger partial charge in [0.25, 0.3) is 5.91 Å². The van der Waals surface area contributed by atoms with Crippen LogP contribution in [0.4, 0.5) is 0 Å². The molecule has 0 saturated heterocycles. The summed E-state index contributed by atoms with van der Waals surface area (Å²) in [6, 6.07) is 28.6. The van der Waals surface area contributed by atoms with Crippen molar-refractivity contribution >= 4 is 28.4 Å². The number of aromatic amines is 1. The number of amides is 1. The molecule has 0 spiro atoms. The largest absolute Gasteiger partial charge is 0.440 e. The summed E-state index contributed by atoms with van der Waals surface area (Å²) in [5.74, 6) is -1.39. The van der Waals surface area contributed by atoms with Crippen molar-refractivity contribution in [3.05, 3.63) is 113 Å². The van der Waals surface area contributed by atoms with Crippen LogP contribution in [0.15, 0.2) is 96.6 Å². The molecule has 158 valence electrons. The van der Waals surface area contributed by atoms with E-state index in [4.69, 9.17) is 9.57 Å². The molecule has 3 aromatic carbocycles. The molecule has 0 saturated carbocycles. The summed E-state index contributed by atoms with van der Waals surface area (Å²) >= 11 is 0. The lowest BCUT2D eigenvalue weighted by atomic mass is 9.78. The highest BCUT2D eigenvalue weighted by molar-refractivity contribution is 6.25. The number of cyclic esters (lactones) is 1. The van der Waals surface area contributed by atoms with Crippen molar-refractivity contribution in [1.29, 1.82) is 0 Å². The lowest BCUT2D eigenvalue weighted by molar-refractivity contribution is -0.146. The van der Waals surface area contributed by atoms with Gasteiger partial charge in [-0.05, 0) is 17.5 Å². The van der Waals surface area contributed by atoms with Gasteiger partial charge in [0, 0.05) is 27.9 Å². The second-order valence-electron chi connectivity index (χ2n) is 7.46.